The first kappa shape index (κ1) is 26.5. The number of hydrogen-bond acceptors (Lipinski definition) is 8. The molecule has 2 heterocycles. The summed E-state index contributed by atoms with van der Waals surface area (Å²) in [5.74, 6) is 0.578. The van der Waals surface area contributed by atoms with Crippen molar-refractivity contribution in [1.29, 1.82) is 5.26 Å². The zero-order valence-corrected chi connectivity index (χ0v) is 22.6. The summed E-state index contributed by atoms with van der Waals surface area (Å²) in [7, 11) is 1.91. The van der Waals surface area contributed by atoms with Crippen molar-refractivity contribution in [2.45, 2.75) is 69.6 Å². The van der Waals surface area contributed by atoms with E-state index in [0.29, 0.717) is 57.2 Å². The number of nitrogens with two attached hydrogens (primary N) is 1. The number of carbonyl (C=O) groups excluding carboxylic acids is 1. The van der Waals surface area contributed by atoms with Crippen LogP contribution in [0.15, 0.2) is 18.3 Å². The van der Waals surface area contributed by atoms with E-state index in [9.17, 15) is 15.2 Å². The van der Waals surface area contributed by atoms with E-state index >= 15 is 0 Å². The van der Waals surface area contributed by atoms with E-state index in [2.05, 4.69) is 10.3 Å². The lowest BCUT2D eigenvalue weighted by molar-refractivity contribution is -0.122. The monoisotopic (exact) mass is 556 g/mol. The normalized spacial score (nSPS) is 23.7. The average Bonchev–Trinajstić information content (AvgIpc) is 3.27. The number of benzene rings is 1. The smallest absolute Gasteiger partial charge is 0.227 e. The Kier molecular flexibility index (Phi) is 7.61. The fourth-order valence-electron chi connectivity index (χ4n) is 5.67. The first-order chi connectivity index (χ1) is 18.3. The molecule has 1 amide bonds. The van der Waals surface area contributed by atoms with Crippen molar-refractivity contribution in [2.24, 2.45) is 11.7 Å². The maximum Gasteiger partial charge on any atom is 0.227 e. The molecule has 2 saturated carbocycles. The summed E-state index contributed by atoms with van der Waals surface area (Å²) in [5, 5.41) is 23.7. The highest BCUT2D eigenvalue weighted by atomic mass is 35.5. The maximum atomic E-state index is 11.8. The molecule has 2 atom stereocenters. The number of fused-ring (bicyclic) bond motifs is 1. The van der Waals surface area contributed by atoms with Gasteiger partial charge in [-0.25, -0.2) is 9.97 Å². The summed E-state index contributed by atoms with van der Waals surface area (Å²) in [6, 6.07) is 5.08. The number of hydrogen-bond donors (Lipinski definition) is 3. The number of nitrogens with one attached hydrogen (secondary N) is 1. The molecule has 1 aromatic carbocycles. The van der Waals surface area contributed by atoms with Gasteiger partial charge < -0.3 is 21.1 Å². The highest BCUT2D eigenvalue weighted by Crippen LogP contribution is 2.39. The van der Waals surface area contributed by atoms with E-state index in [1.54, 1.807) is 18.3 Å². The Labute approximate surface area is 230 Å². The van der Waals surface area contributed by atoms with Crippen LogP contribution < -0.4 is 16.0 Å². The molecule has 2 aliphatic rings. The van der Waals surface area contributed by atoms with Crippen LogP contribution in [-0.2, 0) is 4.79 Å². The van der Waals surface area contributed by atoms with E-state index < -0.39 is 6.10 Å². The molecule has 10 nitrogen and oxygen atoms in total. The average molecular weight is 557 g/mol. The second-order valence-corrected chi connectivity index (χ2v) is 11.0. The molecular formula is C26H30Cl2N8O2. The first-order valence-electron chi connectivity index (χ1n) is 12.9. The highest BCUT2D eigenvalue weighted by molar-refractivity contribution is 6.39. The molecule has 0 bridgehead atoms. The third kappa shape index (κ3) is 5.10. The maximum absolute atomic E-state index is 11.8. The van der Waals surface area contributed by atoms with E-state index in [4.69, 9.17) is 38.9 Å². The molecule has 4 N–H and O–H groups in total. The summed E-state index contributed by atoms with van der Waals surface area (Å²) < 4.78 is 2.02. The van der Waals surface area contributed by atoms with Gasteiger partial charge in [-0.15, -0.1) is 0 Å². The Morgan fingerprint density at radius 1 is 1.16 bits per heavy atom. The number of amides is 1. The largest absolute Gasteiger partial charge is 0.391 e. The number of nitriles is 1. The fraction of sp³-hybridized carbons (Fsp3) is 0.500. The van der Waals surface area contributed by atoms with Crippen molar-refractivity contribution in [3.63, 3.8) is 0 Å². The van der Waals surface area contributed by atoms with Gasteiger partial charge in [0.1, 0.15) is 5.52 Å². The molecule has 0 spiro atoms. The van der Waals surface area contributed by atoms with E-state index in [1.807, 2.05) is 22.6 Å². The Morgan fingerprint density at radius 2 is 1.84 bits per heavy atom. The summed E-state index contributed by atoms with van der Waals surface area (Å²) in [6.45, 7) is 0. The van der Waals surface area contributed by atoms with Gasteiger partial charge in [-0.1, -0.05) is 36.0 Å². The standard InChI is InChI=1S/C26H30Cl2N8O2/c1-35(20-4-2-3-5-21(20)37)25-31-13-19-24(34-25)36(16-8-6-15(7-9-16)23(30)38)26(32-19)33-22-17(27)10-14(12-29)11-18(22)28/h10-11,13,15-16,20-21,37H,2-9H2,1H3,(H2,30,38)(H,32,33)/t15-,16-,20-,21-/m0/s1. The quantitative estimate of drug-likeness (QED) is 0.395. The predicted molar refractivity (Wildman–Crippen MR) is 147 cm³/mol. The van der Waals surface area contributed by atoms with Crippen molar-refractivity contribution >= 4 is 57.9 Å². The van der Waals surface area contributed by atoms with Gasteiger partial charge in [0, 0.05) is 19.0 Å². The minimum absolute atomic E-state index is 0.00218. The van der Waals surface area contributed by atoms with E-state index in [1.165, 1.54) is 0 Å². The van der Waals surface area contributed by atoms with Crippen LogP contribution in [0.1, 0.15) is 63.0 Å². The minimum atomic E-state index is -0.431. The van der Waals surface area contributed by atoms with Crippen molar-refractivity contribution in [1.82, 2.24) is 19.5 Å². The van der Waals surface area contributed by atoms with Crippen LogP contribution in [-0.4, -0.2) is 49.7 Å². The molecule has 5 rings (SSSR count). The number of anilines is 3. The number of nitrogens with zero attached hydrogens (tertiary/aromatic N) is 6. The van der Waals surface area contributed by atoms with Crippen LogP contribution in [0.2, 0.25) is 10.0 Å². The van der Waals surface area contributed by atoms with Gasteiger partial charge in [0.15, 0.2) is 5.65 Å². The number of carbonyl (C=O) groups is 1. The number of halogens is 2. The Balaban J connectivity index is 1.56. The Bertz CT molecular complexity index is 1370. The molecule has 38 heavy (non-hydrogen) atoms. The summed E-state index contributed by atoms with van der Waals surface area (Å²) in [5.41, 5.74) is 7.59. The van der Waals surface area contributed by atoms with Gasteiger partial charge in [0.25, 0.3) is 0 Å². The van der Waals surface area contributed by atoms with Gasteiger partial charge >= 0.3 is 0 Å². The molecule has 200 valence electrons. The Morgan fingerprint density at radius 3 is 2.47 bits per heavy atom. The predicted octanol–water partition coefficient (Wildman–Crippen LogP) is 4.70. The van der Waals surface area contributed by atoms with Crippen molar-refractivity contribution in [3.8, 4) is 6.07 Å². The van der Waals surface area contributed by atoms with Gasteiger partial charge in [-0.05, 0) is 50.7 Å². The molecule has 2 aliphatic carbocycles. The lowest BCUT2D eigenvalue weighted by Crippen LogP contribution is -2.44. The number of aromatic nitrogens is 4. The molecule has 0 aliphatic heterocycles. The third-order valence-electron chi connectivity index (χ3n) is 7.80. The molecule has 2 aromatic heterocycles. The third-order valence-corrected chi connectivity index (χ3v) is 8.40. The Hall–Kier alpha value is -3.13. The molecule has 12 heteroatoms. The van der Waals surface area contributed by atoms with Gasteiger partial charge in [-0.2, -0.15) is 10.2 Å². The number of rotatable bonds is 6. The zero-order valence-electron chi connectivity index (χ0n) is 21.1. The van der Waals surface area contributed by atoms with Crippen molar-refractivity contribution in [3.05, 3.63) is 33.9 Å². The second kappa shape index (κ2) is 10.9. The molecule has 2 fully saturated rings. The first-order valence-corrected chi connectivity index (χ1v) is 13.6. The fourth-order valence-corrected chi connectivity index (χ4v) is 6.25. The van der Waals surface area contributed by atoms with Gasteiger partial charge in [-0.3, -0.25) is 9.36 Å². The van der Waals surface area contributed by atoms with Gasteiger partial charge in [0.2, 0.25) is 17.8 Å². The molecular weight excluding hydrogens is 527 g/mol. The molecule has 3 aromatic rings. The van der Waals surface area contributed by atoms with E-state index in [-0.39, 0.29) is 23.9 Å². The topological polar surface area (TPSA) is 146 Å². The van der Waals surface area contributed by atoms with Crippen LogP contribution in [0.3, 0.4) is 0 Å². The van der Waals surface area contributed by atoms with Gasteiger partial charge in [0.05, 0.1) is 45.7 Å². The van der Waals surface area contributed by atoms with Crippen LogP contribution >= 0.6 is 23.2 Å². The lowest BCUT2D eigenvalue weighted by atomic mass is 9.85. The van der Waals surface area contributed by atoms with Crippen LogP contribution in [0, 0.1) is 17.2 Å². The number of aliphatic hydroxyl groups is 1. The van der Waals surface area contributed by atoms with Crippen LogP contribution in [0.5, 0.6) is 0 Å². The minimum Gasteiger partial charge on any atom is -0.391 e. The van der Waals surface area contributed by atoms with Crippen molar-refractivity contribution in [2.75, 3.05) is 17.3 Å². The molecule has 0 saturated heterocycles. The lowest BCUT2D eigenvalue weighted by Gasteiger charge is -2.35. The molecule has 0 radical (unpaired) electrons. The van der Waals surface area contributed by atoms with Crippen LogP contribution in [0.4, 0.5) is 17.6 Å². The number of primary amides is 1. The molecule has 0 unspecified atom stereocenters. The second-order valence-electron chi connectivity index (χ2n) is 10.2. The van der Waals surface area contributed by atoms with Crippen molar-refractivity contribution < 1.29 is 9.90 Å². The summed E-state index contributed by atoms with van der Waals surface area (Å²) in [4.78, 5) is 28.0. The SMILES string of the molecule is CN(c1ncc2nc(Nc3c(Cl)cc(C#N)cc3Cl)n([C@H]3CC[C@H](C(N)=O)CC3)c2n1)[C@H]1CCCC[C@@H]1O. The zero-order chi connectivity index (χ0) is 27.0. The number of aliphatic hydroxyl groups excluding tert-OH is 1. The number of imidazole rings is 1. The summed E-state index contributed by atoms with van der Waals surface area (Å²) >= 11 is 13.0. The number of likely N-dealkylation sites (N-methyl/N-ethyl adjacent to an activating group) is 1. The highest BCUT2D eigenvalue weighted by Gasteiger charge is 2.31. The summed E-state index contributed by atoms with van der Waals surface area (Å²) in [6.07, 6.45) is 7.74. The van der Waals surface area contributed by atoms with E-state index in [0.717, 1.165) is 38.5 Å². The van der Waals surface area contributed by atoms with Crippen LogP contribution in [0.25, 0.3) is 11.2 Å².